The summed E-state index contributed by atoms with van der Waals surface area (Å²) in [7, 11) is 0. The van der Waals surface area contributed by atoms with Crippen molar-refractivity contribution in [3.63, 3.8) is 0 Å². The normalized spacial score (nSPS) is 22.2. The molecular formula is C19H16Cl2F2O2. The van der Waals surface area contributed by atoms with Gasteiger partial charge in [-0.15, -0.1) is 0 Å². The number of rotatable bonds is 0. The van der Waals surface area contributed by atoms with Crippen LogP contribution in [-0.4, -0.2) is 12.2 Å². The molecule has 0 aliphatic carbocycles. The van der Waals surface area contributed by atoms with Crippen molar-refractivity contribution in [3.05, 3.63) is 57.1 Å². The maximum absolute atomic E-state index is 14.4. The molecule has 0 aromatic heterocycles. The van der Waals surface area contributed by atoms with Crippen LogP contribution in [0.2, 0.25) is 10.0 Å². The average Bonchev–Trinajstić information content (AvgIpc) is 2.65. The Morgan fingerprint density at radius 3 is 1.64 bits per heavy atom. The van der Waals surface area contributed by atoms with Gasteiger partial charge in [0.25, 0.3) is 0 Å². The summed E-state index contributed by atoms with van der Waals surface area (Å²) in [5.41, 5.74) is 1.31. The van der Waals surface area contributed by atoms with E-state index in [1.807, 2.05) is 0 Å². The van der Waals surface area contributed by atoms with Crippen LogP contribution in [0.4, 0.5) is 8.78 Å². The summed E-state index contributed by atoms with van der Waals surface area (Å²) < 4.78 is 40.9. The Bertz CT molecular complexity index is 758. The van der Waals surface area contributed by atoms with Gasteiger partial charge in [-0.05, 0) is 43.5 Å². The average molecular weight is 385 g/mol. The van der Waals surface area contributed by atoms with Crippen molar-refractivity contribution < 1.29 is 18.3 Å². The van der Waals surface area contributed by atoms with Crippen molar-refractivity contribution in [2.45, 2.75) is 44.3 Å². The van der Waals surface area contributed by atoms with Gasteiger partial charge in [-0.25, -0.2) is 8.78 Å². The number of benzene rings is 2. The van der Waals surface area contributed by atoms with Crippen molar-refractivity contribution in [1.29, 1.82) is 0 Å². The molecule has 4 rings (SSSR count). The Morgan fingerprint density at radius 2 is 1.20 bits per heavy atom. The predicted octanol–water partition coefficient (Wildman–Crippen LogP) is 5.75. The van der Waals surface area contributed by atoms with E-state index in [0.717, 1.165) is 19.3 Å². The highest BCUT2D eigenvalue weighted by Gasteiger charge is 2.29. The lowest BCUT2D eigenvalue weighted by Gasteiger charge is -2.25. The molecule has 2 atom stereocenters. The summed E-state index contributed by atoms with van der Waals surface area (Å²) in [4.78, 5) is 0. The molecule has 2 aromatic rings. The molecule has 0 radical (unpaired) electrons. The molecule has 2 bridgehead atoms. The van der Waals surface area contributed by atoms with E-state index in [-0.39, 0.29) is 23.7 Å². The Morgan fingerprint density at radius 1 is 0.760 bits per heavy atom. The largest absolute Gasteiger partial charge is 0.487 e. The number of hydrogen-bond acceptors (Lipinski definition) is 2. The fraction of sp³-hybridized carbons (Fsp3) is 0.368. The summed E-state index contributed by atoms with van der Waals surface area (Å²) in [5, 5.41) is 0.620. The maximum Gasteiger partial charge on any atom is 0.166 e. The molecule has 6 heteroatoms. The zero-order chi connectivity index (χ0) is 17.6. The highest BCUT2D eigenvalue weighted by Crippen LogP contribution is 2.37. The zero-order valence-electron chi connectivity index (χ0n) is 13.3. The first kappa shape index (κ1) is 16.9. The van der Waals surface area contributed by atoms with Crippen LogP contribution in [-0.2, 0) is 12.8 Å². The monoisotopic (exact) mass is 384 g/mol. The minimum Gasteiger partial charge on any atom is -0.487 e. The van der Waals surface area contributed by atoms with E-state index in [4.69, 9.17) is 32.7 Å². The SMILES string of the molecule is Fc1cc(Cl)cc2c1OC1CCCC(C2)Oc2c(F)cc(Cl)cc2C1. The van der Waals surface area contributed by atoms with Gasteiger partial charge in [0.05, 0.1) is 0 Å². The molecular weight excluding hydrogens is 369 g/mol. The van der Waals surface area contributed by atoms with Gasteiger partial charge in [-0.2, -0.15) is 0 Å². The number of hydrogen-bond donors (Lipinski definition) is 0. The van der Waals surface area contributed by atoms with E-state index in [2.05, 4.69) is 0 Å². The van der Waals surface area contributed by atoms with Crippen LogP contribution in [0.1, 0.15) is 30.4 Å². The van der Waals surface area contributed by atoms with Gasteiger partial charge in [0.2, 0.25) is 0 Å². The van der Waals surface area contributed by atoms with Gasteiger partial charge in [0.1, 0.15) is 12.2 Å². The standard InChI is InChI=1S/C19H16Cl2F2O2/c20-12-4-10-6-14-2-1-3-15(25-19(10)17(23)9-12)7-11-5-13(21)8-16(22)18(11)24-14/h4-5,8-9,14-15H,1-3,6-7H2. The van der Waals surface area contributed by atoms with Gasteiger partial charge < -0.3 is 9.47 Å². The quantitative estimate of drug-likeness (QED) is 0.575. The summed E-state index contributed by atoms with van der Waals surface area (Å²) in [5.74, 6) is -0.524. The predicted molar refractivity (Wildman–Crippen MR) is 92.9 cm³/mol. The molecule has 25 heavy (non-hydrogen) atoms. The number of ether oxygens (including phenoxy) is 2. The van der Waals surface area contributed by atoms with Crippen molar-refractivity contribution in [2.24, 2.45) is 0 Å². The second kappa shape index (κ2) is 6.65. The van der Waals surface area contributed by atoms with Crippen LogP contribution in [0.3, 0.4) is 0 Å². The molecule has 0 fully saturated rings. The number of fused-ring (bicyclic) bond motifs is 6. The van der Waals surface area contributed by atoms with E-state index in [0.29, 0.717) is 34.0 Å². The topological polar surface area (TPSA) is 18.5 Å². The third-order valence-electron chi connectivity index (χ3n) is 4.69. The molecule has 0 spiro atoms. The highest BCUT2D eigenvalue weighted by molar-refractivity contribution is 6.31. The molecule has 0 amide bonds. The highest BCUT2D eigenvalue weighted by atomic mass is 35.5. The smallest absolute Gasteiger partial charge is 0.166 e. The molecule has 0 N–H and O–H groups in total. The van der Waals surface area contributed by atoms with E-state index in [1.54, 1.807) is 12.1 Å². The Hall–Kier alpha value is -1.52. The third-order valence-corrected chi connectivity index (χ3v) is 5.12. The summed E-state index contributed by atoms with van der Waals surface area (Å²) >= 11 is 12.0. The first-order valence-electron chi connectivity index (χ1n) is 8.29. The molecule has 2 aromatic carbocycles. The molecule has 2 unspecified atom stereocenters. The van der Waals surface area contributed by atoms with E-state index in [9.17, 15) is 8.78 Å². The van der Waals surface area contributed by atoms with E-state index < -0.39 is 11.6 Å². The van der Waals surface area contributed by atoms with Crippen molar-refractivity contribution >= 4 is 23.2 Å². The summed E-state index contributed by atoms with van der Waals surface area (Å²) in [6.45, 7) is 0. The third kappa shape index (κ3) is 3.42. The van der Waals surface area contributed by atoms with Crippen LogP contribution >= 0.6 is 23.2 Å². The number of halogens is 4. The van der Waals surface area contributed by atoms with Crippen LogP contribution < -0.4 is 9.47 Å². The summed E-state index contributed by atoms with van der Waals surface area (Å²) in [6, 6.07) is 5.89. The second-order valence-corrected chi connectivity index (χ2v) is 7.44. The molecule has 2 nitrogen and oxygen atoms in total. The first-order valence-corrected chi connectivity index (χ1v) is 9.04. The van der Waals surface area contributed by atoms with Crippen molar-refractivity contribution in [3.8, 4) is 11.5 Å². The van der Waals surface area contributed by atoms with E-state index in [1.165, 1.54) is 12.1 Å². The first-order chi connectivity index (χ1) is 12.0. The van der Waals surface area contributed by atoms with Gasteiger partial charge in [0, 0.05) is 34.0 Å². The fourth-order valence-electron chi connectivity index (χ4n) is 3.60. The lowest BCUT2D eigenvalue weighted by molar-refractivity contribution is 0.179. The van der Waals surface area contributed by atoms with Gasteiger partial charge in [-0.1, -0.05) is 23.2 Å². The second-order valence-electron chi connectivity index (χ2n) is 6.57. The van der Waals surface area contributed by atoms with Gasteiger partial charge >= 0.3 is 0 Å². The van der Waals surface area contributed by atoms with Gasteiger partial charge in [0.15, 0.2) is 23.1 Å². The Labute approximate surface area is 154 Å². The molecule has 0 saturated carbocycles. The minimum absolute atomic E-state index is 0.218. The Balaban J connectivity index is 1.83. The van der Waals surface area contributed by atoms with Crippen LogP contribution in [0, 0.1) is 11.6 Å². The molecule has 2 aliphatic rings. The molecule has 132 valence electrons. The fourth-order valence-corrected chi connectivity index (χ4v) is 4.05. The van der Waals surface area contributed by atoms with Gasteiger partial charge in [-0.3, -0.25) is 0 Å². The lowest BCUT2D eigenvalue weighted by atomic mass is 10.0. The molecule has 2 heterocycles. The Kier molecular flexibility index (Phi) is 4.50. The maximum atomic E-state index is 14.4. The van der Waals surface area contributed by atoms with Crippen molar-refractivity contribution in [1.82, 2.24) is 0 Å². The van der Waals surface area contributed by atoms with Crippen LogP contribution in [0.5, 0.6) is 11.5 Å². The van der Waals surface area contributed by atoms with Crippen molar-refractivity contribution in [2.75, 3.05) is 0 Å². The lowest BCUT2D eigenvalue weighted by Crippen LogP contribution is -2.23. The summed E-state index contributed by atoms with van der Waals surface area (Å²) in [6.07, 6.45) is 2.55. The zero-order valence-corrected chi connectivity index (χ0v) is 14.8. The molecule has 0 saturated heterocycles. The van der Waals surface area contributed by atoms with Crippen LogP contribution in [0.15, 0.2) is 24.3 Å². The molecule has 2 aliphatic heterocycles. The minimum atomic E-state index is -0.480. The van der Waals surface area contributed by atoms with E-state index >= 15 is 0 Å². The van der Waals surface area contributed by atoms with Crippen LogP contribution in [0.25, 0.3) is 0 Å².